The number of ketones is 1. The Balaban J connectivity index is 1.56. The van der Waals surface area contributed by atoms with Gasteiger partial charge < -0.3 is 14.0 Å². The minimum absolute atomic E-state index is 0.0539. The molecule has 0 N–H and O–H groups in total. The molecular formula is C23H17Cl2F2N3O3. The molecule has 0 saturated heterocycles. The maximum absolute atomic E-state index is 12.9. The molecular weight excluding hydrogens is 475 g/mol. The van der Waals surface area contributed by atoms with Gasteiger partial charge in [-0.05, 0) is 56.3 Å². The van der Waals surface area contributed by atoms with Crippen molar-refractivity contribution in [2.75, 3.05) is 6.61 Å². The smallest absolute Gasteiger partial charge is 0.387 e. The van der Waals surface area contributed by atoms with Crippen LogP contribution in [0.2, 0.25) is 10.0 Å². The Hall–Kier alpha value is -3.23. The summed E-state index contributed by atoms with van der Waals surface area (Å²) in [5, 5.41) is 1.25. The molecule has 2 aromatic carbocycles. The molecule has 0 amide bonds. The van der Waals surface area contributed by atoms with E-state index in [0.29, 0.717) is 37.9 Å². The SMILES string of the molecule is Cc1cc(C(=O)COc2ncnc3c(Cl)cc(Cl)cc23)c(C)n1-c1ccc(OC(F)F)cc1. The molecule has 4 rings (SSSR count). The number of fused-ring (bicyclic) bond motifs is 1. The van der Waals surface area contributed by atoms with Gasteiger partial charge in [-0.3, -0.25) is 4.79 Å². The van der Waals surface area contributed by atoms with Gasteiger partial charge in [-0.1, -0.05) is 23.2 Å². The molecule has 0 aliphatic heterocycles. The monoisotopic (exact) mass is 491 g/mol. The predicted octanol–water partition coefficient (Wildman–Crippen LogP) is 6.21. The first kappa shape index (κ1) is 22.9. The first-order valence-electron chi connectivity index (χ1n) is 9.74. The van der Waals surface area contributed by atoms with Gasteiger partial charge in [-0.15, -0.1) is 0 Å². The second kappa shape index (κ2) is 9.33. The molecule has 0 fully saturated rings. The quantitative estimate of drug-likeness (QED) is 0.287. The highest BCUT2D eigenvalue weighted by Crippen LogP contribution is 2.31. The number of Topliss-reactive ketones (excluding diaryl/α,β-unsaturated/α-hetero) is 1. The van der Waals surface area contributed by atoms with E-state index in [4.69, 9.17) is 27.9 Å². The number of hydrogen-bond donors (Lipinski definition) is 0. The van der Waals surface area contributed by atoms with Gasteiger partial charge in [0, 0.05) is 27.7 Å². The van der Waals surface area contributed by atoms with Crippen LogP contribution in [-0.2, 0) is 0 Å². The van der Waals surface area contributed by atoms with Crippen LogP contribution in [0.1, 0.15) is 21.7 Å². The zero-order valence-electron chi connectivity index (χ0n) is 17.5. The van der Waals surface area contributed by atoms with Gasteiger partial charge in [-0.2, -0.15) is 8.78 Å². The van der Waals surface area contributed by atoms with E-state index in [-0.39, 0.29) is 24.0 Å². The third kappa shape index (κ3) is 4.77. The first-order valence-corrected chi connectivity index (χ1v) is 10.5. The molecule has 170 valence electrons. The van der Waals surface area contributed by atoms with Crippen molar-refractivity contribution >= 4 is 39.9 Å². The summed E-state index contributed by atoms with van der Waals surface area (Å²) in [6.07, 6.45) is 1.30. The molecule has 0 radical (unpaired) electrons. The Morgan fingerprint density at radius 2 is 1.82 bits per heavy atom. The van der Waals surface area contributed by atoms with Crippen LogP contribution in [0, 0.1) is 13.8 Å². The number of halogens is 4. The number of ether oxygens (including phenoxy) is 2. The first-order chi connectivity index (χ1) is 15.7. The summed E-state index contributed by atoms with van der Waals surface area (Å²) in [5.74, 6) is -0.00809. The summed E-state index contributed by atoms with van der Waals surface area (Å²) >= 11 is 12.3. The molecule has 2 aromatic heterocycles. The minimum Gasteiger partial charge on any atom is -0.469 e. The molecule has 33 heavy (non-hydrogen) atoms. The second-order valence-corrected chi connectivity index (χ2v) is 8.01. The van der Waals surface area contributed by atoms with Crippen molar-refractivity contribution in [1.82, 2.24) is 14.5 Å². The maximum atomic E-state index is 12.9. The molecule has 10 heteroatoms. The van der Waals surface area contributed by atoms with Gasteiger partial charge in [0.15, 0.2) is 6.61 Å². The highest BCUT2D eigenvalue weighted by atomic mass is 35.5. The number of aryl methyl sites for hydroxylation is 1. The second-order valence-electron chi connectivity index (χ2n) is 7.17. The predicted molar refractivity (Wildman–Crippen MR) is 121 cm³/mol. The fourth-order valence-electron chi connectivity index (χ4n) is 3.61. The van der Waals surface area contributed by atoms with E-state index in [1.165, 1.54) is 18.5 Å². The average Bonchev–Trinajstić information content (AvgIpc) is 3.06. The molecule has 4 aromatic rings. The molecule has 0 spiro atoms. The van der Waals surface area contributed by atoms with Gasteiger partial charge in [0.2, 0.25) is 11.7 Å². The highest BCUT2D eigenvalue weighted by molar-refractivity contribution is 6.38. The van der Waals surface area contributed by atoms with Gasteiger partial charge in [0.1, 0.15) is 12.1 Å². The number of benzene rings is 2. The van der Waals surface area contributed by atoms with E-state index in [1.807, 2.05) is 11.5 Å². The van der Waals surface area contributed by atoms with E-state index in [0.717, 1.165) is 5.69 Å². The summed E-state index contributed by atoms with van der Waals surface area (Å²) in [4.78, 5) is 21.2. The van der Waals surface area contributed by atoms with Crippen LogP contribution in [0.4, 0.5) is 8.78 Å². The number of alkyl halides is 2. The fraction of sp³-hybridized carbons (Fsp3) is 0.174. The standard InChI is InChI=1S/C23H17Cl2F2N3O3/c1-12-7-17(13(2)30(12)15-3-5-16(6-4-15)33-23(26)27)20(31)10-32-22-18-8-14(24)9-19(25)21(18)28-11-29-22/h3-9,11,23H,10H2,1-2H3. The number of carbonyl (C=O) groups is 1. The fourth-order valence-corrected chi connectivity index (χ4v) is 4.16. The molecule has 2 heterocycles. The zero-order valence-corrected chi connectivity index (χ0v) is 19.0. The van der Waals surface area contributed by atoms with Crippen LogP contribution in [0.25, 0.3) is 16.6 Å². The van der Waals surface area contributed by atoms with Crippen LogP contribution in [0.3, 0.4) is 0 Å². The van der Waals surface area contributed by atoms with E-state index < -0.39 is 6.61 Å². The topological polar surface area (TPSA) is 66.2 Å². The van der Waals surface area contributed by atoms with E-state index in [9.17, 15) is 13.6 Å². The number of hydrogen-bond acceptors (Lipinski definition) is 5. The van der Waals surface area contributed by atoms with E-state index >= 15 is 0 Å². The van der Waals surface area contributed by atoms with Gasteiger partial charge in [0.25, 0.3) is 0 Å². The molecule has 6 nitrogen and oxygen atoms in total. The summed E-state index contributed by atoms with van der Waals surface area (Å²) in [7, 11) is 0. The van der Waals surface area contributed by atoms with Crippen molar-refractivity contribution in [3.63, 3.8) is 0 Å². The van der Waals surface area contributed by atoms with Crippen LogP contribution >= 0.6 is 23.2 Å². The van der Waals surface area contributed by atoms with Gasteiger partial charge in [-0.25, -0.2) is 9.97 Å². The summed E-state index contributed by atoms with van der Waals surface area (Å²) in [6.45, 7) is 0.482. The van der Waals surface area contributed by atoms with E-state index in [1.54, 1.807) is 37.3 Å². The number of nitrogens with zero attached hydrogens (tertiary/aromatic N) is 3. The van der Waals surface area contributed by atoms with Crippen molar-refractivity contribution in [2.45, 2.75) is 20.5 Å². The van der Waals surface area contributed by atoms with Crippen LogP contribution in [0.5, 0.6) is 11.6 Å². The maximum Gasteiger partial charge on any atom is 0.387 e. The molecule has 0 bridgehead atoms. The lowest BCUT2D eigenvalue weighted by molar-refractivity contribution is -0.0498. The molecule has 0 unspecified atom stereocenters. The number of rotatable bonds is 7. The summed E-state index contributed by atoms with van der Waals surface area (Å²) < 4.78 is 36.7. The van der Waals surface area contributed by atoms with Crippen molar-refractivity contribution in [2.24, 2.45) is 0 Å². The Labute approximate surface area is 197 Å². The van der Waals surface area contributed by atoms with Crippen molar-refractivity contribution in [3.05, 3.63) is 75.8 Å². The summed E-state index contributed by atoms with van der Waals surface area (Å²) in [5.41, 5.74) is 3.12. The largest absolute Gasteiger partial charge is 0.469 e. The molecule has 0 aliphatic carbocycles. The molecule has 0 atom stereocenters. The van der Waals surface area contributed by atoms with Gasteiger partial charge in [0.05, 0.1) is 15.9 Å². The third-order valence-electron chi connectivity index (χ3n) is 5.01. The van der Waals surface area contributed by atoms with Crippen LogP contribution in [-0.4, -0.2) is 33.5 Å². The Bertz CT molecular complexity index is 1340. The Morgan fingerprint density at radius 1 is 1.09 bits per heavy atom. The Kier molecular flexibility index (Phi) is 6.49. The minimum atomic E-state index is -2.89. The Morgan fingerprint density at radius 3 is 2.52 bits per heavy atom. The summed E-state index contributed by atoms with van der Waals surface area (Å²) in [6, 6.07) is 11.1. The van der Waals surface area contributed by atoms with E-state index in [2.05, 4.69) is 14.7 Å². The highest BCUT2D eigenvalue weighted by Gasteiger charge is 2.19. The lowest BCUT2D eigenvalue weighted by atomic mass is 10.1. The molecule has 0 saturated carbocycles. The lowest BCUT2D eigenvalue weighted by Gasteiger charge is -2.11. The van der Waals surface area contributed by atoms with Crippen LogP contribution in [0.15, 0.2) is 48.8 Å². The van der Waals surface area contributed by atoms with Crippen LogP contribution < -0.4 is 9.47 Å². The van der Waals surface area contributed by atoms with Gasteiger partial charge >= 0.3 is 6.61 Å². The average molecular weight is 492 g/mol. The number of carbonyl (C=O) groups excluding carboxylic acids is 1. The number of aromatic nitrogens is 3. The van der Waals surface area contributed by atoms with Crippen molar-refractivity contribution in [3.8, 4) is 17.3 Å². The van der Waals surface area contributed by atoms with Crippen molar-refractivity contribution in [1.29, 1.82) is 0 Å². The van der Waals surface area contributed by atoms with Crippen molar-refractivity contribution < 1.29 is 23.0 Å². The third-order valence-corrected chi connectivity index (χ3v) is 5.52. The normalized spacial score (nSPS) is 11.2. The molecule has 0 aliphatic rings. The lowest BCUT2D eigenvalue weighted by Crippen LogP contribution is -2.13. The zero-order chi connectivity index (χ0) is 23.7.